The predicted molar refractivity (Wildman–Crippen MR) is 111 cm³/mol. The second-order valence-electron chi connectivity index (χ2n) is 6.50. The van der Waals surface area contributed by atoms with Crippen LogP contribution in [0.4, 0.5) is 11.5 Å². The highest BCUT2D eigenvalue weighted by atomic mass is 35.5. The molecule has 1 aromatic heterocycles. The fraction of sp³-hybridized carbons (Fsp3) is 0.190. The number of rotatable bonds is 7. The summed E-state index contributed by atoms with van der Waals surface area (Å²) in [4.78, 5) is 12.3. The second-order valence-corrected chi connectivity index (χ2v) is 6.93. The van der Waals surface area contributed by atoms with E-state index in [1.165, 1.54) is 0 Å². The van der Waals surface area contributed by atoms with E-state index < -0.39 is 0 Å². The maximum absolute atomic E-state index is 12.3. The SMILES string of the molecule is CC(C)Nc1ccc(C(=O)Nc2ccc(OCc3ccc(Cl)cc3)cc2)nn1. The summed E-state index contributed by atoms with van der Waals surface area (Å²) in [5.74, 6) is 1.02. The molecule has 0 radical (unpaired) electrons. The molecule has 0 aliphatic carbocycles. The minimum absolute atomic E-state index is 0.245. The Bertz CT molecular complexity index is 911. The third kappa shape index (κ3) is 5.69. The number of halogens is 1. The van der Waals surface area contributed by atoms with Crippen molar-refractivity contribution in [3.05, 3.63) is 76.9 Å². The molecule has 0 aliphatic rings. The van der Waals surface area contributed by atoms with E-state index in [-0.39, 0.29) is 17.6 Å². The maximum Gasteiger partial charge on any atom is 0.276 e. The Morgan fingerprint density at radius 1 is 1.00 bits per heavy atom. The Balaban J connectivity index is 1.54. The normalized spacial score (nSPS) is 10.6. The van der Waals surface area contributed by atoms with Crippen molar-refractivity contribution in [2.45, 2.75) is 26.5 Å². The van der Waals surface area contributed by atoms with E-state index in [9.17, 15) is 4.79 Å². The quantitative estimate of drug-likeness (QED) is 0.601. The molecule has 2 N–H and O–H groups in total. The lowest BCUT2D eigenvalue weighted by atomic mass is 10.2. The van der Waals surface area contributed by atoms with Crippen molar-refractivity contribution >= 4 is 29.0 Å². The minimum atomic E-state index is -0.321. The second kappa shape index (κ2) is 9.19. The molecule has 0 saturated carbocycles. The molecule has 0 unspecified atom stereocenters. The van der Waals surface area contributed by atoms with Crippen LogP contribution in [0.3, 0.4) is 0 Å². The number of hydrogen-bond donors (Lipinski definition) is 2. The lowest BCUT2D eigenvalue weighted by molar-refractivity contribution is 0.102. The molecular formula is C21H21ClN4O2. The van der Waals surface area contributed by atoms with Gasteiger partial charge in [0.15, 0.2) is 5.69 Å². The molecule has 0 bridgehead atoms. The van der Waals surface area contributed by atoms with Gasteiger partial charge in [0, 0.05) is 16.8 Å². The van der Waals surface area contributed by atoms with Crippen LogP contribution in [0.5, 0.6) is 5.75 Å². The highest BCUT2D eigenvalue weighted by Gasteiger charge is 2.09. The molecule has 3 aromatic rings. The van der Waals surface area contributed by atoms with Crippen molar-refractivity contribution in [1.29, 1.82) is 0 Å². The van der Waals surface area contributed by atoms with Gasteiger partial charge in [-0.2, -0.15) is 0 Å². The van der Waals surface area contributed by atoms with Crippen LogP contribution in [0.1, 0.15) is 29.9 Å². The molecule has 2 aromatic carbocycles. The molecule has 7 heteroatoms. The number of benzene rings is 2. The van der Waals surface area contributed by atoms with Crippen LogP contribution in [0.25, 0.3) is 0 Å². The third-order valence-electron chi connectivity index (χ3n) is 3.76. The van der Waals surface area contributed by atoms with Gasteiger partial charge in [0.25, 0.3) is 5.91 Å². The summed E-state index contributed by atoms with van der Waals surface area (Å²) in [6.45, 7) is 4.45. The Labute approximate surface area is 168 Å². The van der Waals surface area contributed by atoms with E-state index in [1.54, 1.807) is 36.4 Å². The van der Waals surface area contributed by atoms with E-state index in [0.29, 0.717) is 28.9 Å². The van der Waals surface area contributed by atoms with Gasteiger partial charge < -0.3 is 15.4 Å². The smallest absolute Gasteiger partial charge is 0.276 e. The van der Waals surface area contributed by atoms with Gasteiger partial charge >= 0.3 is 0 Å². The summed E-state index contributed by atoms with van der Waals surface area (Å²) < 4.78 is 5.74. The van der Waals surface area contributed by atoms with Crippen LogP contribution in [0, 0.1) is 0 Å². The van der Waals surface area contributed by atoms with Gasteiger partial charge in [-0.15, -0.1) is 10.2 Å². The summed E-state index contributed by atoms with van der Waals surface area (Å²) in [6.07, 6.45) is 0. The van der Waals surface area contributed by atoms with Crippen LogP contribution < -0.4 is 15.4 Å². The van der Waals surface area contributed by atoms with Crippen LogP contribution >= 0.6 is 11.6 Å². The zero-order chi connectivity index (χ0) is 19.9. The fourth-order valence-electron chi connectivity index (χ4n) is 2.40. The molecule has 0 saturated heterocycles. The van der Waals surface area contributed by atoms with Crippen molar-refractivity contribution in [2.24, 2.45) is 0 Å². The molecule has 0 aliphatic heterocycles. The van der Waals surface area contributed by atoms with Crippen molar-refractivity contribution in [1.82, 2.24) is 10.2 Å². The fourth-order valence-corrected chi connectivity index (χ4v) is 2.53. The number of anilines is 2. The van der Waals surface area contributed by atoms with Gasteiger partial charge in [-0.3, -0.25) is 4.79 Å². The maximum atomic E-state index is 12.3. The van der Waals surface area contributed by atoms with E-state index in [4.69, 9.17) is 16.3 Å². The largest absolute Gasteiger partial charge is 0.489 e. The number of nitrogens with zero attached hydrogens (tertiary/aromatic N) is 2. The summed E-state index contributed by atoms with van der Waals surface area (Å²) in [5, 5.41) is 14.6. The topological polar surface area (TPSA) is 76.1 Å². The van der Waals surface area contributed by atoms with Crippen LogP contribution in [-0.2, 0) is 6.61 Å². The number of carbonyl (C=O) groups excluding carboxylic acids is 1. The zero-order valence-electron chi connectivity index (χ0n) is 15.6. The first-order valence-electron chi connectivity index (χ1n) is 8.88. The zero-order valence-corrected chi connectivity index (χ0v) is 16.4. The molecule has 1 heterocycles. The molecule has 6 nitrogen and oxygen atoms in total. The van der Waals surface area contributed by atoms with Gasteiger partial charge in [-0.25, -0.2) is 0 Å². The first-order chi connectivity index (χ1) is 13.5. The molecule has 0 fully saturated rings. The van der Waals surface area contributed by atoms with Crippen molar-refractivity contribution in [3.63, 3.8) is 0 Å². The van der Waals surface area contributed by atoms with Crippen molar-refractivity contribution in [2.75, 3.05) is 10.6 Å². The third-order valence-corrected chi connectivity index (χ3v) is 4.02. The van der Waals surface area contributed by atoms with E-state index >= 15 is 0 Å². The average molecular weight is 397 g/mol. The molecule has 1 amide bonds. The standard InChI is InChI=1S/C21H21ClN4O2/c1-14(2)23-20-12-11-19(25-26-20)21(27)24-17-7-9-18(10-8-17)28-13-15-3-5-16(22)6-4-15/h3-12,14H,13H2,1-2H3,(H,23,26)(H,24,27). The first kappa shape index (κ1) is 19.6. The van der Waals surface area contributed by atoms with E-state index in [1.807, 2.05) is 38.1 Å². The predicted octanol–water partition coefficient (Wildman–Crippen LogP) is 4.78. The number of amides is 1. The van der Waals surface area contributed by atoms with Crippen LogP contribution in [0.15, 0.2) is 60.7 Å². The number of aromatic nitrogens is 2. The first-order valence-corrected chi connectivity index (χ1v) is 9.26. The van der Waals surface area contributed by atoms with Gasteiger partial charge in [-0.1, -0.05) is 23.7 Å². The molecular weight excluding hydrogens is 376 g/mol. The van der Waals surface area contributed by atoms with Crippen molar-refractivity contribution < 1.29 is 9.53 Å². The van der Waals surface area contributed by atoms with E-state index in [0.717, 1.165) is 5.56 Å². The Morgan fingerprint density at radius 2 is 1.71 bits per heavy atom. The van der Waals surface area contributed by atoms with Gasteiger partial charge in [0.1, 0.15) is 18.2 Å². The van der Waals surface area contributed by atoms with E-state index in [2.05, 4.69) is 20.8 Å². The molecule has 28 heavy (non-hydrogen) atoms. The van der Waals surface area contributed by atoms with Gasteiger partial charge in [-0.05, 0) is 67.9 Å². The van der Waals surface area contributed by atoms with Crippen LogP contribution in [0.2, 0.25) is 5.02 Å². The van der Waals surface area contributed by atoms with Gasteiger partial charge in [0.05, 0.1) is 0 Å². The molecule has 144 valence electrons. The molecule has 3 rings (SSSR count). The number of hydrogen-bond acceptors (Lipinski definition) is 5. The highest BCUT2D eigenvalue weighted by Crippen LogP contribution is 2.18. The highest BCUT2D eigenvalue weighted by molar-refractivity contribution is 6.30. The molecule has 0 spiro atoms. The minimum Gasteiger partial charge on any atom is -0.489 e. The number of carbonyl (C=O) groups is 1. The molecule has 0 atom stereocenters. The summed E-state index contributed by atoms with van der Waals surface area (Å²) in [6, 6.07) is 18.2. The number of ether oxygens (including phenoxy) is 1. The Hall–Kier alpha value is -3.12. The van der Waals surface area contributed by atoms with Gasteiger partial charge in [0.2, 0.25) is 0 Å². The summed E-state index contributed by atoms with van der Waals surface area (Å²) >= 11 is 5.87. The summed E-state index contributed by atoms with van der Waals surface area (Å²) in [7, 11) is 0. The average Bonchev–Trinajstić information content (AvgIpc) is 2.69. The Morgan fingerprint density at radius 3 is 2.32 bits per heavy atom. The summed E-state index contributed by atoms with van der Waals surface area (Å²) in [5.41, 5.74) is 1.92. The lowest BCUT2D eigenvalue weighted by Gasteiger charge is -2.09. The Kier molecular flexibility index (Phi) is 6.45. The monoisotopic (exact) mass is 396 g/mol. The number of nitrogens with one attached hydrogen (secondary N) is 2. The van der Waals surface area contributed by atoms with Crippen molar-refractivity contribution in [3.8, 4) is 5.75 Å². The lowest BCUT2D eigenvalue weighted by Crippen LogP contribution is -2.16. The van der Waals surface area contributed by atoms with Crippen LogP contribution in [-0.4, -0.2) is 22.1 Å².